The van der Waals surface area contributed by atoms with Crippen molar-refractivity contribution in [3.8, 4) is 11.5 Å². The van der Waals surface area contributed by atoms with E-state index in [0.29, 0.717) is 19.8 Å². The van der Waals surface area contributed by atoms with E-state index in [1.807, 2.05) is 26.0 Å². The highest BCUT2D eigenvalue weighted by molar-refractivity contribution is 5.53. The second-order valence-corrected chi connectivity index (χ2v) is 5.09. The lowest BCUT2D eigenvalue weighted by Gasteiger charge is -2.29. The number of rotatable bonds is 4. The summed E-state index contributed by atoms with van der Waals surface area (Å²) in [6.45, 7) is 5.64. The van der Waals surface area contributed by atoms with Gasteiger partial charge in [0.1, 0.15) is 13.2 Å². The van der Waals surface area contributed by atoms with Gasteiger partial charge in [0.15, 0.2) is 11.5 Å². The van der Waals surface area contributed by atoms with Crippen LogP contribution in [0.25, 0.3) is 0 Å². The molecule has 1 aromatic rings. The lowest BCUT2D eigenvalue weighted by Crippen LogP contribution is -2.26. The van der Waals surface area contributed by atoms with Gasteiger partial charge in [-0.2, -0.15) is 0 Å². The Morgan fingerprint density at radius 3 is 2.67 bits per heavy atom. The summed E-state index contributed by atoms with van der Waals surface area (Å²) in [6, 6.07) is 3.89. The topological polar surface area (TPSA) is 47.9 Å². The van der Waals surface area contributed by atoms with Gasteiger partial charge in [-0.15, -0.1) is 0 Å². The van der Waals surface area contributed by atoms with E-state index < -0.39 is 0 Å². The minimum atomic E-state index is -0.330. The molecule has 0 unspecified atom stereocenters. The van der Waals surface area contributed by atoms with E-state index in [9.17, 15) is 5.11 Å². The Bertz CT molecular complexity index is 426. The number of hydrogen-bond acceptors (Lipinski definition) is 4. The first-order chi connectivity index (χ1) is 8.60. The molecule has 4 nitrogen and oxygen atoms in total. The fraction of sp³-hybridized carbons (Fsp3) is 0.571. The van der Waals surface area contributed by atoms with Gasteiger partial charge in [-0.05, 0) is 11.6 Å². The molecule has 0 radical (unpaired) electrons. The molecule has 2 rings (SSSR count). The molecule has 100 valence electrons. The van der Waals surface area contributed by atoms with Crippen molar-refractivity contribution in [1.29, 1.82) is 0 Å². The molecular formula is C14H20O4. The average molecular weight is 252 g/mol. The number of aliphatic hydroxyl groups is 1. The van der Waals surface area contributed by atoms with E-state index in [2.05, 4.69) is 0 Å². The van der Waals surface area contributed by atoms with Crippen LogP contribution in [0.4, 0.5) is 0 Å². The van der Waals surface area contributed by atoms with Crippen LogP contribution in [0, 0.1) is 0 Å². The Morgan fingerprint density at radius 2 is 2.00 bits per heavy atom. The molecule has 0 saturated heterocycles. The van der Waals surface area contributed by atoms with Crippen molar-refractivity contribution >= 4 is 0 Å². The van der Waals surface area contributed by atoms with Crippen LogP contribution in [0.3, 0.4) is 0 Å². The number of methoxy groups -OCH3 is 1. The number of ether oxygens (including phenoxy) is 3. The van der Waals surface area contributed by atoms with E-state index in [1.54, 1.807) is 7.11 Å². The Balaban J connectivity index is 2.53. The van der Waals surface area contributed by atoms with Crippen LogP contribution >= 0.6 is 0 Å². The summed E-state index contributed by atoms with van der Waals surface area (Å²) in [5.74, 6) is 1.51. The molecule has 1 heterocycles. The normalized spacial score (nSPS) is 14.7. The van der Waals surface area contributed by atoms with Crippen molar-refractivity contribution in [2.24, 2.45) is 0 Å². The summed E-state index contributed by atoms with van der Waals surface area (Å²) in [4.78, 5) is 0. The van der Waals surface area contributed by atoms with Crippen LogP contribution < -0.4 is 9.47 Å². The third-order valence-electron chi connectivity index (χ3n) is 3.22. The molecule has 0 bridgehead atoms. The van der Waals surface area contributed by atoms with Crippen LogP contribution in [0.2, 0.25) is 0 Å². The van der Waals surface area contributed by atoms with Gasteiger partial charge in [0.25, 0.3) is 0 Å². The molecule has 1 N–H and O–H groups in total. The molecule has 18 heavy (non-hydrogen) atoms. The predicted octanol–water partition coefficient (Wildman–Crippen LogP) is 1.87. The van der Waals surface area contributed by atoms with Crippen LogP contribution in [0.15, 0.2) is 12.1 Å². The summed E-state index contributed by atoms with van der Waals surface area (Å²) in [7, 11) is 1.65. The van der Waals surface area contributed by atoms with Crippen molar-refractivity contribution in [2.75, 3.05) is 26.9 Å². The molecule has 0 atom stereocenters. The maximum absolute atomic E-state index is 9.53. The standard InChI is InChI=1S/C14H20O4/c1-14(2,9-15)11-4-5-12-13(10(11)8-16-3)18-7-6-17-12/h4-5,15H,6-9H2,1-3H3. The number of aliphatic hydroxyl groups excluding tert-OH is 1. The molecular weight excluding hydrogens is 232 g/mol. The number of fused-ring (bicyclic) bond motifs is 1. The Kier molecular flexibility index (Phi) is 3.78. The first-order valence-corrected chi connectivity index (χ1v) is 6.12. The van der Waals surface area contributed by atoms with Crippen molar-refractivity contribution in [1.82, 2.24) is 0 Å². The molecule has 0 saturated carbocycles. The molecule has 0 amide bonds. The third-order valence-corrected chi connectivity index (χ3v) is 3.22. The zero-order valence-corrected chi connectivity index (χ0v) is 11.2. The summed E-state index contributed by atoms with van der Waals surface area (Å²) >= 11 is 0. The molecule has 1 aromatic carbocycles. The Labute approximate surface area is 107 Å². The summed E-state index contributed by atoms with van der Waals surface area (Å²) in [6.07, 6.45) is 0. The van der Waals surface area contributed by atoms with Gasteiger partial charge in [-0.3, -0.25) is 0 Å². The van der Waals surface area contributed by atoms with Gasteiger partial charge < -0.3 is 19.3 Å². The maximum Gasteiger partial charge on any atom is 0.167 e. The molecule has 1 aliphatic heterocycles. The molecule has 1 aliphatic rings. The number of benzene rings is 1. The minimum absolute atomic E-state index is 0.0728. The van der Waals surface area contributed by atoms with Gasteiger partial charge >= 0.3 is 0 Å². The molecule has 0 fully saturated rings. The Morgan fingerprint density at radius 1 is 1.28 bits per heavy atom. The van der Waals surface area contributed by atoms with Gasteiger partial charge in [-0.1, -0.05) is 19.9 Å². The highest BCUT2D eigenvalue weighted by Gasteiger charge is 2.28. The lowest BCUT2D eigenvalue weighted by molar-refractivity contribution is 0.149. The second kappa shape index (κ2) is 5.16. The summed E-state index contributed by atoms with van der Waals surface area (Å²) in [5, 5.41) is 9.53. The van der Waals surface area contributed by atoms with Crippen LogP contribution in [0.1, 0.15) is 25.0 Å². The van der Waals surface area contributed by atoms with Gasteiger partial charge in [0.2, 0.25) is 0 Å². The molecule has 0 spiro atoms. The van der Waals surface area contributed by atoms with E-state index in [-0.39, 0.29) is 12.0 Å². The van der Waals surface area contributed by atoms with Gasteiger partial charge in [0, 0.05) is 18.1 Å². The SMILES string of the molecule is COCc1c(C(C)(C)CO)ccc2c1OCCO2. The smallest absolute Gasteiger partial charge is 0.167 e. The van der Waals surface area contributed by atoms with Crippen molar-refractivity contribution in [3.63, 3.8) is 0 Å². The maximum atomic E-state index is 9.53. The predicted molar refractivity (Wildman–Crippen MR) is 68.3 cm³/mol. The van der Waals surface area contributed by atoms with Crippen LogP contribution in [0.5, 0.6) is 11.5 Å². The Hall–Kier alpha value is -1.26. The fourth-order valence-electron chi connectivity index (χ4n) is 2.18. The average Bonchev–Trinajstić information content (AvgIpc) is 2.39. The lowest BCUT2D eigenvalue weighted by atomic mass is 9.82. The third kappa shape index (κ3) is 2.31. The highest BCUT2D eigenvalue weighted by Crippen LogP contribution is 2.40. The monoisotopic (exact) mass is 252 g/mol. The molecule has 4 heteroatoms. The van der Waals surface area contributed by atoms with E-state index in [0.717, 1.165) is 22.6 Å². The zero-order chi connectivity index (χ0) is 13.2. The van der Waals surface area contributed by atoms with Crippen molar-refractivity contribution in [3.05, 3.63) is 23.3 Å². The highest BCUT2D eigenvalue weighted by atomic mass is 16.6. The van der Waals surface area contributed by atoms with Crippen LogP contribution in [-0.4, -0.2) is 32.0 Å². The largest absolute Gasteiger partial charge is 0.486 e. The van der Waals surface area contributed by atoms with Crippen molar-refractivity contribution in [2.45, 2.75) is 25.9 Å². The minimum Gasteiger partial charge on any atom is -0.486 e. The van der Waals surface area contributed by atoms with E-state index >= 15 is 0 Å². The zero-order valence-electron chi connectivity index (χ0n) is 11.2. The first kappa shape index (κ1) is 13.2. The van der Waals surface area contributed by atoms with Crippen molar-refractivity contribution < 1.29 is 19.3 Å². The van der Waals surface area contributed by atoms with Gasteiger partial charge in [0.05, 0.1) is 13.2 Å². The molecule has 0 aromatic heterocycles. The van der Waals surface area contributed by atoms with E-state index in [4.69, 9.17) is 14.2 Å². The quantitative estimate of drug-likeness (QED) is 0.888. The van der Waals surface area contributed by atoms with E-state index in [1.165, 1.54) is 0 Å². The number of hydrogen-bond donors (Lipinski definition) is 1. The first-order valence-electron chi connectivity index (χ1n) is 6.12. The fourth-order valence-corrected chi connectivity index (χ4v) is 2.18. The molecule has 0 aliphatic carbocycles. The second-order valence-electron chi connectivity index (χ2n) is 5.09. The summed E-state index contributed by atoms with van der Waals surface area (Å²) in [5.41, 5.74) is 1.67. The summed E-state index contributed by atoms with van der Waals surface area (Å²) < 4.78 is 16.5. The van der Waals surface area contributed by atoms with Gasteiger partial charge in [-0.25, -0.2) is 0 Å². The van der Waals surface area contributed by atoms with Crippen LogP contribution in [-0.2, 0) is 16.8 Å².